The second-order valence-electron chi connectivity index (χ2n) is 5.34. The Morgan fingerprint density at radius 3 is 2.55 bits per heavy atom. The summed E-state index contributed by atoms with van der Waals surface area (Å²) in [6.45, 7) is 0.500. The predicted molar refractivity (Wildman–Crippen MR) is 76.7 cm³/mol. The summed E-state index contributed by atoms with van der Waals surface area (Å²) in [5, 5.41) is 12.0. The number of carbonyl (C=O) groups excluding carboxylic acids is 1. The van der Waals surface area contributed by atoms with Crippen molar-refractivity contribution in [2.45, 2.75) is 38.5 Å². The van der Waals surface area contributed by atoms with Crippen LogP contribution in [0.5, 0.6) is 0 Å². The van der Waals surface area contributed by atoms with Crippen LogP contribution in [0.2, 0.25) is 0 Å². The van der Waals surface area contributed by atoms with Crippen molar-refractivity contribution < 1.29 is 14.7 Å². The minimum Gasteiger partial charge on any atom is -0.478 e. The third kappa shape index (κ3) is 3.83. The van der Waals surface area contributed by atoms with Crippen LogP contribution >= 0.6 is 0 Å². The summed E-state index contributed by atoms with van der Waals surface area (Å²) in [5.74, 6) is -0.643. The van der Waals surface area contributed by atoms with E-state index >= 15 is 0 Å². The van der Waals surface area contributed by atoms with Crippen molar-refractivity contribution in [1.29, 1.82) is 0 Å². The van der Waals surface area contributed by atoms with Crippen LogP contribution < -0.4 is 5.32 Å². The van der Waals surface area contributed by atoms with E-state index in [1.54, 1.807) is 18.2 Å². The first-order valence-electron chi connectivity index (χ1n) is 7.27. The van der Waals surface area contributed by atoms with Crippen LogP contribution in [0.25, 0.3) is 0 Å². The molecule has 1 fully saturated rings. The van der Waals surface area contributed by atoms with Crippen LogP contribution in [0.1, 0.15) is 48.0 Å². The fourth-order valence-corrected chi connectivity index (χ4v) is 2.78. The van der Waals surface area contributed by atoms with Gasteiger partial charge in [0.15, 0.2) is 0 Å². The third-order valence-corrected chi connectivity index (χ3v) is 3.92. The van der Waals surface area contributed by atoms with Gasteiger partial charge in [0.05, 0.1) is 5.56 Å². The van der Waals surface area contributed by atoms with Crippen LogP contribution in [0, 0.1) is 5.92 Å². The monoisotopic (exact) mass is 275 g/mol. The van der Waals surface area contributed by atoms with E-state index in [0.29, 0.717) is 18.5 Å². The minimum atomic E-state index is -0.917. The zero-order chi connectivity index (χ0) is 14.4. The minimum absolute atomic E-state index is 0.123. The molecule has 108 valence electrons. The first-order chi connectivity index (χ1) is 9.68. The Labute approximate surface area is 119 Å². The third-order valence-electron chi connectivity index (χ3n) is 3.92. The van der Waals surface area contributed by atoms with E-state index in [4.69, 9.17) is 5.11 Å². The first-order valence-corrected chi connectivity index (χ1v) is 7.27. The van der Waals surface area contributed by atoms with Gasteiger partial charge in [-0.15, -0.1) is 0 Å². The summed E-state index contributed by atoms with van der Waals surface area (Å²) >= 11 is 0. The highest BCUT2D eigenvalue weighted by atomic mass is 16.4. The number of hydrogen-bond acceptors (Lipinski definition) is 2. The molecule has 0 saturated heterocycles. The zero-order valence-corrected chi connectivity index (χ0v) is 11.6. The average molecular weight is 275 g/mol. The van der Waals surface area contributed by atoms with Crippen LogP contribution in [0.4, 0.5) is 0 Å². The van der Waals surface area contributed by atoms with Gasteiger partial charge in [0.1, 0.15) is 0 Å². The second kappa shape index (κ2) is 7.08. The molecule has 0 radical (unpaired) electrons. The summed E-state index contributed by atoms with van der Waals surface area (Å²) in [6, 6.07) is 6.94. The standard InChI is InChI=1S/C16H21NO3/c18-15(13-7-2-1-3-8-13)17-11-10-12-6-4-5-9-14(12)16(19)20/h4-6,9,13H,1-3,7-8,10-11H2,(H,17,18)(H,19,20). The molecule has 1 aromatic rings. The van der Waals surface area contributed by atoms with Crippen molar-refractivity contribution in [3.8, 4) is 0 Å². The zero-order valence-electron chi connectivity index (χ0n) is 11.6. The Morgan fingerprint density at radius 2 is 1.85 bits per heavy atom. The molecule has 0 atom stereocenters. The number of carboxylic acid groups (broad SMARTS) is 1. The highest BCUT2D eigenvalue weighted by molar-refractivity contribution is 5.89. The normalized spacial score (nSPS) is 15.8. The highest BCUT2D eigenvalue weighted by Crippen LogP contribution is 2.23. The second-order valence-corrected chi connectivity index (χ2v) is 5.34. The number of hydrogen-bond donors (Lipinski definition) is 2. The van der Waals surface area contributed by atoms with E-state index in [-0.39, 0.29) is 11.8 Å². The molecule has 4 heteroatoms. The number of benzene rings is 1. The maximum atomic E-state index is 12.0. The Balaban J connectivity index is 1.83. The number of carbonyl (C=O) groups is 2. The van der Waals surface area contributed by atoms with E-state index in [1.165, 1.54) is 6.42 Å². The van der Waals surface area contributed by atoms with Gasteiger partial charge in [-0.1, -0.05) is 37.5 Å². The average Bonchev–Trinajstić information content (AvgIpc) is 2.48. The number of amides is 1. The van der Waals surface area contributed by atoms with Gasteiger partial charge in [-0.05, 0) is 30.9 Å². The van der Waals surface area contributed by atoms with Gasteiger partial charge >= 0.3 is 5.97 Å². The first kappa shape index (κ1) is 14.6. The van der Waals surface area contributed by atoms with Crippen LogP contribution in [-0.2, 0) is 11.2 Å². The molecule has 0 aromatic heterocycles. The number of carboxylic acids is 1. The van der Waals surface area contributed by atoms with Gasteiger partial charge in [0, 0.05) is 12.5 Å². The molecule has 0 unspecified atom stereocenters. The molecule has 0 heterocycles. The lowest BCUT2D eigenvalue weighted by Gasteiger charge is -2.20. The van der Waals surface area contributed by atoms with Crippen molar-refractivity contribution in [3.05, 3.63) is 35.4 Å². The molecule has 1 aliphatic carbocycles. The molecular formula is C16H21NO3. The molecule has 1 saturated carbocycles. The maximum absolute atomic E-state index is 12.0. The largest absolute Gasteiger partial charge is 0.478 e. The predicted octanol–water partition coefficient (Wildman–Crippen LogP) is 2.62. The lowest BCUT2D eigenvalue weighted by molar-refractivity contribution is -0.125. The van der Waals surface area contributed by atoms with E-state index in [9.17, 15) is 9.59 Å². The lowest BCUT2D eigenvalue weighted by Crippen LogP contribution is -2.33. The van der Waals surface area contributed by atoms with Gasteiger partial charge in [-0.3, -0.25) is 4.79 Å². The van der Waals surface area contributed by atoms with E-state index < -0.39 is 5.97 Å². The van der Waals surface area contributed by atoms with Crippen molar-refractivity contribution in [2.24, 2.45) is 5.92 Å². The molecule has 0 bridgehead atoms. The van der Waals surface area contributed by atoms with Crippen molar-refractivity contribution in [3.63, 3.8) is 0 Å². The topological polar surface area (TPSA) is 66.4 Å². The Morgan fingerprint density at radius 1 is 1.15 bits per heavy atom. The maximum Gasteiger partial charge on any atom is 0.335 e. The quantitative estimate of drug-likeness (QED) is 0.868. The molecule has 2 N–H and O–H groups in total. The van der Waals surface area contributed by atoms with Gasteiger partial charge in [-0.2, -0.15) is 0 Å². The SMILES string of the molecule is O=C(O)c1ccccc1CCNC(=O)C1CCCCC1. The van der Waals surface area contributed by atoms with Crippen LogP contribution in [0.3, 0.4) is 0 Å². The van der Waals surface area contributed by atoms with Crippen LogP contribution in [-0.4, -0.2) is 23.5 Å². The van der Waals surface area contributed by atoms with Crippen molar-refractivity contribution in [2.75, 3.05) is 6.54 Å². The molecule has 4 nitrogen and oxygen atoms in total. The molecule has 1 amide bonds. The Bertz CT molecular complexity index is 478. The fourth-order valence-electron chi connectivity index (χ4n) is 2.78. The van der Waals surface area contributed by atoms with E-state index in [2.05, 4.69) is 5.32 Å². The Hall–Kier alpha value is -1.84. The smallest absolute Gasteiger partial charge is 0.335 e. The van der Waals surface area contributed by atoms with Gasteiger partial charge in [-0.25, -0.2) is 4.79 Å². The van der Waals surface area contributed by atoms with Gasteiger partial charge in [0.2, 0.25) is 5.91 Å². The van der Waals surface area contributed by atoms with Gasteiger partial charge < -0.3 is 10.4 Å². The van der Waals surface area contributed by atoms with Crippen molar-refractivity contribution in [1.82, 2.24) is 5.32 Å². The van der Waals surface area contributed by atoms with Gasteiger partial charge in [0.25, 0.3) is 0 Å². The molecule has 1 aromatic carbocycles. The molecule has 20 heavy (non-hydrogen) atoms. The fraction of sp³-hybridized carbons (Fsp3) is 0.500. The summed E-state index contributed by atoms with van der Waals surface area (Å²) in [5.41, 5.74) is 1.09. The van der Waals surface area contributed by atoms with E-state index in [1.807, 2.05) is 6.07 Å². The molecule has 1 aliphatic rings. The summed E-state index contributed by atoms with van der Waals surface area (Å²) in [7, 11) is 0. The number of nitrogens with one attached hydrogen (secondary N) is 1. The molecule has 0 aliphatic heterocycles. The molecular weight excluding hydrogens is 254 g/mol. The van der Waals surface area contributed by atoms with Crippen LogP contribution in [0.15, 0.2) is 24.3 Å². The molecule has 0 spiro atoms. The molecule has 2 rings (SSSR count). The summed E-state index contributed by atoms with van der Waals surface area (Å²) in [6.07, 6.45) is 6.03. The van der Waals surface area contributed by atoms with E-state index in [0.717, 1.165) is 31.2 Å². The summed E-state index contributed by atoms with van der Waals surface area (Å²) in [4.78, 5) is 23.1. The lowest BCUT2D eigenvalue weighted by atomic mass is 9.88. The highest BCUT2D eigenvalue weighted by Gasteiger charge is 2.20. The van der Waals surface area contributed by atoms with Crippen molar-refractivity contribution >= 4 is 11.9 Å². The number of aromatic carboxylic acids is 1. The summed E-state index contributed by atoms with van der Waals surface area (Å²) < 4.78 is 0. The Kier molecular flexibility index (Phi) is 5.16. The number of rotatable bonds is 5.